The monoisotopic (exact) mass is 422 g/mol. The number of anilines is 1. The van der Waals surface area contributed by atoms with Crippen molar-refractivity contribution in [1.82, 2.24) is 5.32 Å². The summed E-state index contributed by atoms with van der Waals surface area (Å²) < 4.78 is 27.0. The highest BCUT2D eigenvalue weighted by Crippen LogP contribution is 2.40. The molecule has 28 heavy (non-hydrogen) atoms. The first-order valence-electron chi connectivity index (χ1n) is 9.01. The maximum atomic E-state index is 12.8. The van der Waals surface area contributed by atoms with Crippen LogP contribution in [0, 0.1) is 5.41 Å². The summed E-state index contributed by atoms with van der Waals surface area (Å²) in [5, 5.41) is 3.61. The number of fused-ring (bicyclic) bond motifs is 2. The van der Waals surface area contributed by atoms with E-state index in [4.69, 9.17) is 11.6 Å². The molecule has 1 aliphatic rings. The lowest BCUT2D eigenvalue weighted by Crippen LogP contribution is -2.26. The van der Waals surface area contributed by atoms with E-state index in [-0.39, 0.29) is 16.4 Å². The molecule has 5 nitrogen and oxygen atoms in total. The molecule has 0 saturated heterocycles. The second-order valence-electron chi connectivity index (χ2n) is 7.87. The minimum atomic E-state index is -3.63. The van der Waals surface area contributed by atoms with Crippen molar-refractivity contribution in [2.24, 2.45) is 5.41 Å². The lowest BCUT2D eigenvalue weighted by molar-refractivity contribution is -0.109. The molecule has 1 atom stereocenters. The normalized spacial score (nSPS) is 17.5. The summed E-state index contributed by atoms with van der Waals surface area (Å²) >= 11 is 6.00. The van der Waals surface area contributed by atoms with Gasteiger partial charge in [0, 0.05) is 18.5 Å². The molecule has 0 aliphatic carbocycles. The average molecular weight is 423 g/mol. The minimum Gasteiger partial charge on any atom is -0.309 e. The maximum absolute atomic E-state index is 12.8. The second kappa shape index (κ2) is 8.64. The van der Waals surface area contributed by atoms with Gasteiger partial charge in [-0.2, -0.15) is 0 Å². The first kappa shape index (κ1) is 22.4. The summed E-state index contributed by atoms with van der Waals surface area (Å²) in [6, 6.07) is 12.3. The van der Waals surface area contributed by atoms with E-state index >= 15 is 0 Å². The molecule has 0 radical (unpaired) electrons. The molecule has 0 bridgehead atoms. The van der Waals surface area contributed by atoms with E-state index in [2.05, 4.69) is 5.32 Å². The molecule has 0 saturated carbocycles. The Labute approximate surface area is 172 Å². The molecule has 7 heteroatoms. The van der Waals surface area contributed by atoms with Crippen molar-refractivity contribution >= 4 is 33.6 Å². The number of rotatable bonds is 2. The number of aldehydes is 1. The van der Waals surface area contributed by atoms with Crippen LogP contribution in [0.25, 0.3) is 0 Å². The Bertz CT molecular complexity index is 952. The standard InChI is InChI=1S/C15H15ClN2O2S.C6H12O/c1-17-15-11-5-3-4-6-13(11)18(2)21(19,20)14-9-10(16)7-8-12(14)15;1-6(2,3)4-5-7/h3-9,15,17H,1-2H3;5H,4H2,1-3H3. The van der Waals surface area contributed by atoms with E-state index in [1.54, 1.807) is 19.2 Å². The number of para-hydroxylation sites is 1. The van der Waals surface area contributed by atoms with Crippen LogP contribution < -0.4 is 9.62 Å². The maximum Gasteiger partial charge on any atom is 0.264 e. The molecular formula is C21H27ClN2O3S. The third-order valence-corrected chi connectivity index (χ3v) is 6.56. The van der Waals surface area contributed by atoms with Crippen LogP contribution >= 0.6 is 11.6 Å². The van der Waals surface area contributed by atoms with Crippen LogP contribution in [-0.4, -0.2) is 28.8 Å². The lowest BCUT2D eigenvalue weighted by atomic mass is 9.93. The smallest absolute Gasteiger partial charge is 0.264 e. The highest BCUT2D eigenvalue weighted by molar-refractivity contribution is 7.92. The molecule has 0 spiro atoms. The van der Waals surface area contributed by atoms with Gasteiger partial charge in [0.2, 0.25) is 0 Å². The number of halogens is 1. The number of nitrogens with zero attached hydrogens (tertiary/aromatic N) is 1. The Balaban J connectivity index is 0.000000345. The summed E-state index contributed by atoms with van der Waals surface area (Å²) in [4.78, 5) is 10.1. The topological polar surface area (TPSA) is 66.5 Å². The molecule has 1 heterocycles. The van der Waals surface area contributed by atoms with Crippen molar-refractivity contribution in [3.05, 3.63) is 58.6 Å². The van der Waals surface area contributed by atoms with Crippen molar-refractivity contribution in [2.75, 3.05) is 18.4 Å². The van der Waals surface area contributed by atoms with Crippen LogP contribution in [0.15, 0.2) is 47.4 Å². The first-order valence-corrected chi connectivity index (χ1v) is 10.8. The van der Waals surface area contributed by atoms with Crippen LogP contribution in [0.5, 0.6) is 0 Å². The van der Waals surface area contributed by atoms with Crippen molar-refractivity contribution in [2.45, 2.75) is 38.1 Å². The van der Waals surface area contributed by atoms with Gasteiger partial charge in [-0.05, 0) is 41.8 Å². The van der Waals surface area contributed by atoms with Crippen molar-refractivity contribution in [3.63, 3.8) is 0 Å². The fraction of sp³-hybridized carbons (Fsp3) is 0.381. The Morgan fingerprint density at radius 2 is 1.79 bits per heavy atom. The molecule has 1 aliphatic heterocycles. The third kappa shape index (κ3) is 4.74. The number of hydrogen-bond donors (Lipinski definition) is 1. The fourth-order valence-electron chi connectivity index (χ4n) is 2.99. The third-order valence-electron chi connectivity index (χ3n) is 4.50. The quantitative estimate of drug-likeness (QED) is 0.728. The van der Waals surface area contributed by atoms with E-state index < -0.39 is 10.0 Å². The minimum absolute atomic E-state index is 0.182. The summed E-state index contributed by atoms with van der Waals surface area (Å²) in [5.74, 6) is 0. The lowest BCUT2D eigenvalue weighted by Gasteiger charge is -2.20. The number of benzene rings is 2. The molecule has 1 unspecified atom stereocenters. The van der Waals surface area contributed by atoms with Crippen LogP contribution in [0.3, 0.4) is 0 Å². The summed E-state index contributed by atoms with van der Waals surface area (Å²) in [5.41, 5.74) is 2.48. The fourth-order valence-corrected chi connectivity index (χ4v) is 4.71. The van der Waals surface area contributed by atoms with Gasteiger partial charge in [0.15, 0.2) is 0 Å². The summed E-state index contributed by atoms with van der Waals surface area (Å²) in [6.45, 7) is 6.13. The molecule has 2 aromatic carbocycles. The van der Waals surface area contributed by atoms with Gasteiger partial charge in [-0.15, -0.1) is 0 Å². The molecule has 3 rings (SSSR count). The summed E-state index contributed by atoms with van der Waals surface area (Å²) in [6.07, 6.45) is 1.62. The number of nitrogens with one attached hydrogen (secondary N) is 1. The van der Waals surface area contributed by atoms with Crippen LogP contribution in [0.2, 0.25) is 5.02 Å². The van der Waals surface area contributed by atoms with E-state index in [1.165, 1.54) is 10.4 Å². The van der Waals surface area contributed by atoms with Gasteiger partial charge in [0.05, 0.1) is 16.6 Å². The van der Waals surface area contributed by atoms with Gasteiger partial charge in [-0.1, -0.05) is 56.6 Å². The number of carbonyl (C=O) groups excluding carboxylic acids is 1. The Morgan fingerprint density at radius 1 is 1.14 bits per heavy atom. The molecule has 152 valence electrons. The first-order chi connectivity index (χ1) is 13.0. The van der Waals surface area contributed by atoms with Crippen LogP contribution in [0.1, 0.15) is 44.4 Å². The molecule has 2 aromatic rings. The Hall–Kier alpha value is -1.89. The summed E-state index contributed by atoms with van der Waals surface area (Å²) in [7, 11) is -0.244. The zero-order valence-electron chi connectivity index (χ0n) is 16.9. The average Bonchev–Trinajstić information content (AvgIpc) is 2.68. The van der Waals surface area contributed by atoms with E-state index in [0.717, 1.165) is 11.8 Å². The molecule has 0 aromatic heterocycles. The zero-order chi connectivity index (χ0) is 21.1. The van der Waals surface area contributed by atoms with Gasteiger partial charge in [-0.25, -0.2) is 8.42 Å². The van der Waals surface area contributed by atoms with Crippen molar-refractivity contribution < 1.29 is 13.2 Å². The van der Waals surface area contributed by atoms with Crippen molar-refractivity contribution in [3.8, 4) is 0 Å². The molecule has 1 N–H and O–H groups in total. The highest BCUT2D eigenvalue weighted by atomic mass is 35.5. The largest absolute Gasteiger partial charge is 0.309 e. The van der Waals surface area contributed by atoms with E-state index in [9.17, 15) is 13.2 Å². The van der Waals surface area contributed by atoms with Gasteiger partial charge < -0.3 is 10.1 Å². The SMILES string of the molecule is CC(C)(C)CC=O.CNC1c2ccccc2N(C)S(=O)(=O)c2cc(Cl)ccc21. The van der Waals surface area contributed by atoms with Crippen molar-refractivity contribution in [1.29, 1.82) is 0 Å². The van der Waals surface area contributed by atoms with E-state index in [0.29, 0.717) is 22.7 Å². The number of carbonyl (C=O) groups is 1. The van der Waals surface area contributed by atoms with Crippen LogP contribution in [-0.2, 0) is 14.8 Å². The Kier molecular flexibility index (Phi) is 6.91. The Morgan fingerprint density at radius 3 is 2.32 bits per heavy atom. The van der Waals surface area contributed by atoms with Gasteiger partial charge in [0.1, 0.15) is 6.29 Å². The highest BCUT2D eigenvalue weighted by Gasteiger charge is 2.34. The second-order valence-corrected chi connectivity index (χ2v) is 10.2. The van der Waals surface area contributed by atoms with Crippen LogP contribution in [0.4, 0.5) is 5.69 Å². The van der Waals surface area contributed by atoms with Gasteiger partial charge >= 0.3 is 0 Å². The predicted molar refractivity (Wildman–Crippen MR) is 115 cm³/mol. The molecule has 0 fully saturated rings. The molecule has 0 amide bonds. The number of sulfonamides is 1. The van der Waals surface area contributed by atoms with Gasteiger partial charge in [-0.3, -0.25) is 4.31 Å². The predicted octanol–water partition coefficient (Wildman–Crippen LogP) is 4.41. The van der Waals surface area contributed by atoms with Gasteiger partial charge in [0.25, 0.3) is 10.0 Å². The zero-order valence-corrected chi connectivity index (χ0v) is 18.4. The number of hydrogen-bond acceptors (Lipinski definition) is 4. The van der Waals surface area contributed by atoms with E-state index in [1.807, 2.05) is 52.1 Å². The molecular weight excluding hydrogens is 396 g/mol.